The van der Waals surface area contributed by atoms with Crippen LogP contribution in [0.4, 0.5) is 11.4 Å². The third-order valence-corrected chi connectivity index (χ3v) is 8.59. The minimum Gasteiger partial charge on any atom is -0.368 e. The highest BCUT2D eigenvalue weighted by molar-refractivity contribution is 7.93. The number of nitrogens with one attached hydrogen (secondary N) is 1. The van der Waals surface area contributed by atoms with Gasteiger partial charge < -0.3 is 15.5 Å². The molecule has 0 atom stereocenters. The molecular formula is C30H33N5O3S. The Kier molecular flexibility index (Phi) is 7.54. The van der Waals surface area contributed by atoms with Crippen molar-refractivity contribution in [1.29, 1.82) is 0 Å². The summed E-state index contributed by atoms with van der Waals surface area (Å²) in [6.07, 6.45) is 1.57. The first kappa shape index (κ1) is 26.6. The second-order valence-corrected chi connectivity index (χ2v) is 11.7. The Bertz CT molecular complexity index is 1590. The van der Waals surface area contributed by atoms with Crippen molar-refractivity contribution in [3.63, 3.8) is 0 Å². The number of sulfonamides is 1. The number of nitrogens with two attached hydrogens (primary N) is 1. The first-order valence-corrected chi connectivity index (χ1v) is 14.6. The van der Waals surface area contributed by atoms with Gasteiger partial charge in [-0.15, -0.1) is 0 Å². The first-order chi connectivity index (χ1) is 18.8. The largest absolute Gasteiger partial charge is 0.368 e. The van der Waals surface area contributed by atoms with Gasteiger partial charge in [0.05, 0.1) is 5.52 Å². The number of carbonyl (C=O) groups excluding carboxylic acids is 1. The summed E-state index contributed by atoms with van der Waals surface area (Å²) in [5.41, 5.74) is 10.8. The highest BCUT2D eigenvalue weighted by atomic mass is 32.2. The van der Waals surface area contributed by atoms with Crippen LogP contribution in [0.1, 0.15) is 41.3 Å². The molecule has 0 saturated carbocycles. The molecule has 1 saturated heterocycles. The number of hydrogen-bond donors (Lipinski definition) is 2. The third-order valence-electron chi connectivity index (χ3n) is 7.17. The predicted molar refractivity (Wildman–Crippen MR) is 156 cm³/mol. The summed E-state index contributed by atoms with van der Waals surface area (Å²) < 4.78 is 28.8. The van der Waals surface area contributed by atoms with Gasteiger partial charge >= 0.3 is 0 Å². The molecule has 1 aromatic heterocycles. The maximum atomic E-state index is 13.2. The molecule has 5 rings (SSSR count). The Morgan fingerprint density at radius 3 is 2.38 bits per heavy atom. The molecule has 0 spiro atoms. The molecular weight excluding hydrogens is 510 g/mol. The monoisotopic (exact) mass is 543 g/mol. The van der Waals surface area contributed by atoms with Crippen molar-refractivity contribution in [3.05, 3.63) is 95.7 Å². The number of anilines is 2. The zero-order chi connectivity index (χ0) is 27.6. The van der Waals surface area contributed by atoms with Crippen molar-refractivity contribution >= 4 is 38.2 Å². The number of benzene rings is 3. The van der Waals surface area contributed by atoms with Gasteiger partial charge in [0.15, 0.2) is 0 Å². The quantitative estimate of drug-likeness (QED) is 0.353. The summed E-state index contributed by atoms with van der Waals surface area (Å²) in [6, 6.07) is 21.6. The van der Waals surface area contributed by atoms with Gasteiger partial charge in [0.25, 0.3) is 15.9 Å². The minimum atomic E-state index is -3.86. The van der Waals surface area contributed by atoms with Gasteiger partial charge in [0.2, 0.25) is 0 Å². The van der Waals surface area contributed by atoms with Gasteiger partial charge in [0.1, 0.15) is 4.90 Å². The number of aromatic nitrogens is 1. The van der Waals surface area contributed by atoms with E-state index in [2.05, 4.69) is 46.7 Å². The average molecular weight is 544 g/mol. The van der Waals surface area contributed by atoms with E-state index in [1.165, 1.54) is 11.6 Å². The standard InChI is InChI=1S/C30H33N5O3S/c1-21(2)24-8-9-25(20-31)27(19-24)34-15-17-35(18-16-34)30(36)23-10-12-26(13-11-23)33-39(37,38)28-7-3-5-22-6-4-14-32-29(22)28/h3-14,19,21,33H,15-18,20,31H2,1-2H3. The Morgan fingerprint density at radius 1 is 0.974 bits per heavy atom. The minimum absolute atomic E-state index is 0.0720. The molecule has 9 heteroatoms. The fourth-order valence-corrected chi connectivity index (χ4v) is 6.16. The number of para-hydroxylation sites is 1. The second-order valence-electron chi connectivity index (χ2n) is 10.0. The third kappa shape index (κ3) is 5.60. The van der Waals surface area contributed by atoms with Gasteiger partial charge in [-0.2, -0.15) is 0 Å². The summed E-state index contributed by atoms with van der Waals surface area (Å²) in [7, 11) is -3.86. The number of fused-ring (bicyclic) bond motifs is 1. The van der Waals surface area contributed by atoms with Crippen molar-refractivity contribution in [2.45, 2.75) is 31.2 Å². The molecule has 202 valence electrons. The molecule has 1 aliphatic rings. The van der Waals surface area contributed by atoms with Gasteiger partial charge in [-0.05, 0) is 59.5 Å². The van der Waals surface area contributed by atoms with Crippen molar-refractivity contribution in [2.24, 2.45) is 5.73 Å². The van der Waals surface area contributed by atoms with Crippen LogP contribution in [0.25, 0.3) is 10.9 Å². The summed E-state index contributed by atoms with van der Waals surface area (Å²) in [5, 5.41) is 0.744. The van der Waals surface area contributed by atoms with E-state index < -0.39 is 10.0 Å². The molecule has 0 radical (unpaired) electrons. The van der Waals surface area contributed by atoms with Crippen LogP contribution in [0.15, 0.2) is 83.9 Å². The zero-order valence-electron chi connectivity index (χ0n) is 22.2. The van der Waals surface area contributed by atoms with Crippen LogP contribution in [0.5, 0.6) is 0 Å². The molecule has 2 heterocycles. The van der Waals surface area contributed by atoms with Crippen LogP contribution in [0, 0.1) is 0 Å². The van der Waals surface area contributed by atoms with E-state index in [1.54, 1.807) is 42.6 Å². The van der Waals surface area contributed by atoms with Crippen LogP contribution in [0.2, 0.25) is 0 Å². The summed E-state index contributed by atoms with van der Waals surface area (Å²) in [6.45, 7) is 7.45. The molecule has 0 aliphatic carbocycles. The molecule has 3 aromatic carbocycles. The van der Waals surface area contributed by atoms with Crippen molar-refractivity contribution in [3.8, 4) is 0 Å². The lowest BCUT2D eigenvalue weighted by Gasteiger charge is -2.37. The highest BCUT2D eigenvalue weighted by Crippen LogP contribution is 2.28. The van der Waals surface area contributed by atoms with Gasteiger partial charge in [-0.1, -0.05) is 44.2 Å². The number of amides is 1. The number of nitrogens with zero attached hydrogens (tertiary/aromatic N) is 3. The average Bonchev–Trinajstić information content (AvgIpc) is 2.96. The normalized spacial score (nSPS) is 14.2. The molecule has 4 aromatic rings. The number of rotatable bonds is 7. The lowest BCUT2D eigenvalue weighted by atomic mass is 9.99. The highest BCUT2D eigenvalue weighted by Gasteiger charge is 2.24. The van der Waals surface area contributed by atoms with E-state index in [0.717, 1.165) is 29.7 Å². The maximum absolute atomic E-state index is 13.2. The van der Waals surface area contributed by atoms with E-state index in [0.29, 0.717) is 42.3 Å². The molecule has 3 N–H and O–H groups in total. The van der Waals surface area contributed by atoms with Crippen molar-refractivity contribution in [1.82, 2.24) is 9.88 Å². The SMILES string of the molecule is CC(C)c1ccc(CN)c(N2CCN(C(=O)c3ccc(NS(=O)(=O)c4cccc5cccnc45)cc3)CC2)c1. The lowest BCUT2D eigenvalue weighted by Crippen LogP contribution is -2.49. The van der Waals surface area contributed by atoms with Crippen molar-refractivity contribution < 1.29 is 13.2 Å². The van der Waals surface area contributed by atoms with Gasteiger partial charge in [0, 0.05) is 61.2 Å². The fourth-order valence-electron chi connectivity index (χ4n) is 4.92. The fraction of sp³-hybridized carbons (Fsp3) is 0.267. The maximum Gasteiger partial charge on any atom is 0.264 e. The van der Waals surface area contributed by atoms with E-state index in [-0.39, 0.29) is 10.8 Å². The Hall–Kier alpha value is -3.95. The second kappa shape index (κ2) is 11.0. The van der Waals surface area contributed by atoms with Crippen LogP contribution >= 0.6 is 0 Å². The van der Waals surface area contributed by atoms with Crippen LogP contribution in [-0.4, -0.2) is 50.4 Å². The van der Waals surface area contributed by atoms with Crippen LogP contribution < -0.4 is 15.4 Å². The number of hydrogen-bond acceptors (Lipinski definition) is 6. The Balaban J connectivity index is 1.25. The molecule has 0 unspecified atom stereocenters. The molecule has 1 aliphatic heterocycles. The number of piperazine rings is 1. The predicted octanol–water partition coefficient (Wildman–Crippen LogP) is 4.58. The summed E-state index contributed by atoms with van der Waals surface area (Å²) >= 11 is 0. The van der Waals surface area contributed by atoms with E-state index in [1.807, 2.05) is 17.0 Å². The molecule has 8 nitrogen and oxygen atoms in total. The Morgan fingerprint density at radius 2 is 1.69 bits per heavy atom. The molecule has 1 fully saturated rings. The topological polar surface area (TPSA) is 109 Å². The number of carbonyl (C=O) groups is 1. The number of pyridine rings is 1. The Labute approximate surface area is 229 Å². The van der Waals surface area contributed by atoms with Gasteiger partial charge in [-0.25, -0.2) is 8.42 Å². The lowest BCUT2D eigenvalue weighted by molar-refractivity contribution is 0.0746. The summed E-state index contributed by atoms with van der Waals surface area (Å²) in [5.74, 6) is 0.354. The zero-order valence-corrected chi connectivity index (χ0v) is 23.0. The van der Waals surface area contributed by atoms with Crippen LogP contribution in [-0.2, 0) is 16.6 Å². The first-order valence-electron chi connectivity index (χ1n) is 13.1. The van der Waals surface area contributed by atoms with E-state index >= 15 is 0 Å². The summed E-state index contributed by atoms with van der Waals surface area (Å²) in [4.78, 5) is 21.7. The van der Waals surface area contributed by atoms with E-state index in [4.69, 9.17) is 5.73 Å². The van der Waals surface area contributed by atoms with Crippen molar-refractivity contribution in [2.75, 3.05) is 35.8 Å². The smallest absolute Gasteiger partial charge is 0.264 e. The van der Waals surface area contributed by atoms with E-state index in [9.17, 15) is 13.2 Å². The molecule has 1 amide bonds. The van der Waals surface area contributed by atoms with Crippen LogP contribution in [0.3, 0.4) is 0 Å². The van der Waals surface area contributed by atoms with Gasteiger partial charge in [-0.3, -0.25) is 14.5 Å². The molecule has 39 heavy (non-hydrogen) atoms. The molecule has 0 bridgehead atoms.